The van der Waals surface area contributed by atoms with E-state index in [9.17, 15) is 14.4 Å². The van der Waals surface area contributed by atoms with Crippen molar-refractivity contribution < 1.29 is 28.6 Å². The Bertz CT molecular complexity index is 1780. The van der Waals surface area contributed by atoms with Crippen molar-refractivity contribution in [3.8, 4) is 0 Å². The van der Waals surface area contributed by atoms with E-state index >= 15 is 0 Å². The highest BCUT2D eigenvalue weighted by atomic mass is 16.6. The van der Waals surface area contributed by atoms with E-state index in [0.29, 0.717) is 19.3 Å². The molecule has 0 aromatic heterocycles. The van der Waals surface area contributed by atoms with Crippen LogP contribution >= 0.6 is 0 Å². The number of rotatable bonds is 56. The lowest BCUT2D eigenvalue weighted by Gasteiger charge is -2.18. The van der Waals surface area contributed by atoms with Gasteiger partial charge in [-0.15, -0.1) is 0 Å². The number of allylic oxidation sites excluding steroid dienone is 26. The molecule has 0 fully saturated rings. The molecular weight excluding hydrogens is 973 g/mol. The molecule has 0 rings (SSSR count). The first-order valence-electron chi connectivity index (χ1n) is 32.0. The van der Waals surface area contributed by atoms with Gasteiger partial charge >= 0.3 is 17.9 Å². The average Bonchev–Trinajstić information content (AvgIpc) is 3.45. The van der Waals surface area contributed by atoms with Crippen LogP contribution in [0.4, 0.5) is 0 Å². The molecule has 79 heavy (non-hydrogen) atoms. The lowest BCUT2D eigenvalue weighted by molar-refractivity contribution is -0.167. The van der Waals surface area contributed by atoms with E-state index < -0.39 is 6.10 Å². The van der Waals surface area contributed by atoms with Crippen LogP contribution in [0.1, 0.15) is 265 Å². The van der Waals surface area contributed by atoms with Crippen LogP contribution < -0.4 is 0 Å². The van der Waals surface area contributed by atoms with Gasteiger partial charge in [-0.2, -0.15) is 0 Å². The molecule has 0 heterocycles. The zero-order valence-corrected chi connectivity index (χ0v) is 50.8. The normalized spacial score (nSPS) is 13.2. The fourth-order valence-electron chi connectivity index (χ4n) is 8.28. The molecule has 0 N–H and O–H groups in total. The van der Waals surface area contributed by atoms with Gasteiger partial charge in [0.25, 0.3) is 0 Å². The average molecular weight is 1090 g/mol. The van der Waals surface area contributed by atoms with Gasteiger partial charge in [-0.25, -0.2) is 0 Å². The van der Waals surface area contributed by atoms with Gasteiger partial charge < -0.3 is 14.2 Å². The predicted octanol–water partition coefficient (Wildman–Crippen LogP) is 22.1. The Kier molecular flexibility index (Phi) is 61.4. The molecule has 0 bridgehead atoms. The minimum absolute atomic E-state index is 0.113. The van der Waals surface area contributed by atoms with Crippen molar-refractivity contribution in [2.45, 2.75) is 271 Å². The molecule has 0 aliphatic rings. The maximum Gasteiger partial charge on any atom is 0.306 e. The molecule has 0 amide bonds. The molecule has 444 valence electrons. The van der Waals surface area contributed by atoms with Crippen molar-refractivity contribution >= 4 is 17.9 Å². The summed E-state index contributed by atoms with van der Waals surface area (Å²) in [4.78, 5) is 38.3. The monoisotopic (exact) mass is 1090 g/mol. The summed E-state index contributed by atoms with van der Waals surface area (Å²) < 4.78 is 16.9. The van der Waals surface area contributed by atoms with Gasteiger partial charge in [0.2, 0.25) is 0 Å². The second-order valence-corrected chi connectivity index (χ2v) is 20.5. The van der Waals surface area contributed by atoms with Crippen LogP contribution in [0.25, 0.3) is 0 Å². The Morgan fingerprint density at radius 3 is 0.810 bits per heavy atom. The quantitative estimate of drug-likeness (QED) is 0.0261. The molecule has 0 aromatic rings. The Morgan fingerprint density at radius 2 is 0.506 bits per heavy atom. The fraction of sp³-hybridized carbons (Fsp3) is 0.603. The third kappa shape index (κ3) is 63.7. The van der Waals surface area contributed by atoms with Crippen LogP contribution in [-0.4, -0.2) is 37.2 Å². The first-order valence-corrected chi connectivity index (χ1v) is 32.0. The van der Waals surface area contributed by atoms with E-state index in [1.54, 1.807) is 0 Å². The van der Waals surface area contributed by atoms with E-state index in [2.05, 4.69) is 179 Å². The maximum atomic E-state index is 12.9. The van der Waals surface area contributed by atoms with Crippen molar-refractivity contribution in [1.29, 1.82) is 0 Å². The highest BCUT2D eigenvalue weighted by molar-refractivity contribution is 5.71. The largest absolute Gasteiger partial charge is 0.462 e. The Hall–Kier alpha value is -4.97. The summed E-state index contributed by atoms with van der Waals surface area (Å²) >= 11 is 0. The van der Waals surface area contributed by atoms with Crippen LogP contribution in [0.15, 0.2) is 158 Å². The van der Waals surface area contributed by atoms with Crippen molar-refractivity contribution in [2.75, 3.05) is 13.2 Å². The summed E-state index contributed by atoms with van der Waals surface area (Å²) in [6.07, 6.45) is 95.3. The number of carbonyl (C=O) groups excluding carboxylic acids is 3. The third-order valence-corrected chi connectivity index (χ3v) is 13.0. The Morgan fingerprint density at radius 1 is 0.266 bits per heavy atom. The van der Waals surface area contributed by atoms with Crippen LogP contribution in [-0.2, 0) is 28.6 Å². The molecule has 1 unspecified atom stereocenters. The van der Waals surface area contributed by atoms with Gasteiger partial charge in [0.05, 0.1) is 0 Å². The van der Waals surface area contributed by atoms with E-state index in [4.69, 9.17) is 14.2 Å². The van der Waals surface area contributed by atoms with Crippen molar-refractivity contribution in [2.24, 2.45) is 0 Å². The van der Waals surface area contributed by atoms with Crippen molar-refractivity contribution in [3.63, 3.8) is 0 Å². The van der Waals surface area contributed by atoms with Crippen molar-refractivity contribution in [3.05, 3.63) is 158 Å². The summed E-state index contributed by atoms with van der Waals surface area (Å²) in [5.74, 6) is -0.990. The molecule has 0 saturated carbocycles. The molecular formula is C73H116O6. The summed E-state index contributed by atoms with van der Waals surface area (Å²) in [6, 6.07) is 0. The predicted molar refractivity (Wildman–Crippen MR) is 343 cm³/mol. The molecule has 0 aromatic carbocycles. The molecule has 0 radical (unpaired) electrons. The number of carbonyl (C=O) groups is 3. The van der Waals surface area contributed by atoms with Crippen LogP contribution in [0, 0.1) is 0 Å². The first-order chi connectivity index (χ1) is 39.0. The van der Waals surface area contributed by atoms with Crippen LogP contribution in [0.3, 0.4) is 0 Å². The van der Waals surface area contributed by atoms with E-state index in [1.165, 1.54) is 83.5 Å². The van der Waals surface area contributed by atoms with Gasteiger partial charge in [-0.3, -0.25) is 14.4 Å². The van der Waals surface area contributed by atoms with Gasteiger partial charge in [-0.05, 0) is 141 Å². The first kappa shape index (κ1) is 74.0. The Balaban J connectivity index is 4.46. The Labute approximate surface area is 486 Å². The molecule has 0 saturated heterocycles. The summed E-state index contributed by atoms with van der Waals surface area (Å²) in [7, 11) is 0. The fourth-order valence-corrected chi connectivity index (χ4v) is 8.28. The number of unbranched alkanes of at least 4 members (excludes halogenated alkanes) is 19. The van der Waals surface area contributed by atoms with E-state index in [1.807, 2.05) is 0 Å². The molecule has 6 heteroatoms. The topological polar surface area (TPSA) is 78.9 Å². The highest BCUT2D eigenvalue weighted by Crippen LogP contribution is 2.14. The lowest BCUT2D eigenvalue weighted by atomic mass is 10.1. The van der Waals surface area contributed by atoms with Gasteiger partial charge in [0.1, 0.15) is 13.2 Å². The second kappa shape index (κ2) is 65.5. The highest BCUT2D eigenvalue weighted by Gasteiger charge is 2.19. The lowest BCUT2D eigenvalue weighted by Crippen LogP contribution is -2.30. The smallest absolute Gasteiger partial charge is 0.306 e. The number of hydrogen-bond acceptors (Lipinski definition) is 6. The molecule has 6 nitrogen and oxygen atoms in total. The minimum atomic E-state index is -0.824. The maximum absolute atomic E-state index is 12.9. The summed E-state index contributed by atoms with van der Waals surface area (Å²) in [6.45, 7) is 6.33. The van der Waals surface area contributed by atoms with Gasteiger partial charge in [-0.1, -0.05) is 262 Å². The second-order valence-electron chi connectivity index (χ2n) is 20.5. The summed E-state index contributed by atoms with van der Waals surface area (Å²) in [5.41, 5.74) is 0. The number of esters is 3. The molecule has 0 aliphatic carbocycles. The van der Waals surface area contributed by atoms with E-state index in [0.717, 1.165) is 135 Å². The third-order valence-electron chi connectivity index (χ3n) is 13.0. The minimum Gasteiger partial charge on any atom is -0.462 e. The molecule has 0 spiro atoms. The van der Waals surface area contributed by atoms with Gasteiger partial charge in [0, 0.05) is 19.3 Å². The van der Waals surface area contributed by atoms with Crippen LogP contribution in [0.5, 0.6) is 0 Å². The van der Waals surface area contributed by atoms with E-state index in [-0.39, 0.29) is 37.5 Å². The van der Waals surface area contributed by atoms with Crippen molar-refractivity contribution in [1.82, 2.24) is 0 Å². The molecule has 1 atom stereocenters. The number of ether oxygens (including phenoxy) is 3. The zero-order valence-electron chi connectivity index (χ0n) is 50.8. The van der Waals surface area contributed by atoms with Gasteiger partial charge in [0.15, 0.2) is 6.10 Å². The molecule has 0 aliphatic heterocycles. The standard InChI is InChI=1S/C73H116O6/c1-4-7-10-13-16-19-22-25-28-31-32-33-34-35-36-37-38-39-40-43-45-48-51-54-57-60-63-66-72(75)78-69-70(79-73(76)67-64-61-58-55-52-49-46-42-30-27-24-21-18-15-12-9-6-3)68-77-71(74)65-62-59-56-53-50-47-44-41-29-26-23-20-17-14-11-8-5-2/h7,9-10,12,16-21,25-30,32-33,35-36,38-39,46,49,55,58,70H,4-6,8,11,13-15,22-24,31,34,37,40-45,47-48,50-54,56-57,59-69H2,1-3H3/b10-7-,12-9-,19-16-,20-17-,21-18-,28-25-,29-26-,30-27-,33-32-,36-35-,39-38-,49-46-,58-55-. The summed E-state index contributed by atoms with van der Waals surface area (Å²) in [5, 5.41) is 0. The SMILES string of the molecule is CC/C=C\C/C=C\C/C=C\C/C=C\C/C=C\C/C=C\CCCCCCCCCCC(=O)OCC(COC(=O)CCCCCCCCC/C=C\C/C=C\CCCCC)OC(=O)CCC/C=C\C/C=C\C/C=C\C/C=C\C/C=C\CC. The zero-order chi connectivity index (χ0) is 57.1. The number of hydrogen-bond donors (Lipinski definition) is 0. The van der Waals surface area contributed by atoms with Crippen LogP contribution in [0.2, 0.25) is 0 Å².